The Hall–Kier alpha value is -1.30. The van der Waals surface area contributed by atoms with Crippen molar-refractivity contribution in [1.29, 1.82) is 0 Å². The van der Waals surface area contributed by atoms with Gasteiger partial charge in [0.1, 0.15) is 5.54 Å². The first-order valence-corrected chi connectivity index (χ1v) is 5.35. The van der Waals surface area contributed by atoms with Gasteiger partial charge in [0.2, 0.25) is 5.91 Å². The van der Waals surface area contributed by atoms with E-state index in [0.29, 0.717) is 19.6 Å². The molecule has 1 unspecified atom stereocenters. The summed E-state index contributed by atoms with van der Waals surface area (Å²) >= 11 is 0. The highest BCUT2D eigenvalue weighted by Gasteiger charge is 2.39. The first-order chi connectivity index (χ1) is 7.60. The summed E-state index contributed by atoms with van der Waals surface area (Å²) < 4.78 is 0. The Morgan fingerprint density at radius 3 is 3.06 bits per heavy atom. The molecule has 7 nitrogen and oxygen atoms in total. The van der Waals surface area contributed by atoms with Gasteiger partial charge in [0, 0.05) is 24.5 Å². The van der Waals surface area contributed by atoms with Gasteiger partial charge in [0.15, 0.2) is 0 Å². The molecule has 0 aromatic carbocycles. The molecule has 0 radical (unpaired) electrons. The number of nitrogens with two attached hydrogens (primary N) is 1. The van der Waals surface area contributed by atoms with Crippen molar-refractivity contribution in [2.24, 2.45) is 10.8 Å². The van der Waals surface area contributed by atoms with E-state index in [4.69, 9.17) is 11.3 Å². The van der Waals surface area contributed by atoms with Crippen molar-refractivity contribution in [1.82, 2.24) is 10.2 Å². The molecule has 1 atom stereocenters. The van der Waals surface area contributed by atoms with Gasteiger partial charge >= 0.3 is 0 Å². The SMILES string of the molecule is CN1CCCC(NCCN=[N+]=[N-])(C(N)=O)C1. The lowest BCUT2D eigenvalue weighted by Crippen LogP contribution is -2.63. The Bertz CT molecular complexity index is 300. The maximum absolute atomic E-state index is 11.5. The number of likely N-dealkylation sites (tertiary alicyclic amines) is 1. The normalized spacial score (nSPS) is 26.1. The zero-order chi connectivity index (χ0) is 12.0. The second-order valence-corrected chi connectivity index (χ2v) is 4.17. The maximum Gasteiger partial charge on any atom is 0.239 e. The lowest BCUT2D eigenvalue weighted by Gasteiger charge is -2.39. The van der Waals surface area contributed by atoms with Crippen LogP contribution in [-0.4, -0.2) is 49.6 Å². The lowest BCUT2D eigenvalue weighted by atomic mass is 9.88. The molecule has 1 amide bonds. The topological polar surface area (TPSA) is 107 Å². The average Bonchev–Trinajstić information content (AvgIpc) is 2.24. The molecule has 1 rings (SSSR count). The number of amides is 1. The van der Waals surface area contributed by atoms with Crippen LogP contribution < -0.4 is 11.1 Å². The largest absolute Gasteiger partial charge is 0.368 e. The van der Waals surface area contributed by atoms with E-state index in [1.807, 2.05) is 7.05 Å². The van der Waals surface area contributed by atoms with E-state index in [0.717, 1.165) is 19.4 Å². The van der Waals surface area contributed by atoms with E-state index in [1.54, 1.807) is 0 Å². The predicted octanol–water partition coefficient (Wildman–Crippen LogP) is -0.164. The molecular weight excluding hydrogens is 208 g/mol. The third kappa shape index (κ3) is 3.10. The number of hydrogen-bond donors (Lipinski definition) is 2. The fourth-order valence-corrected chi connectivity index (χ4v) is 2.09. The molecule has 1 saturated heterocycles. The van der Waals surface area contributed by atoms with Gasteiger partial charge in [-0.25, -0.2) is 0 Å². The second-order valence-electron chi connectivity index (χ2n) is 4.17. The minimum absolute atomic E-state index is 0.329. The van der Waals surface area contributed by atoms with Crippen molar-refractivity contribution in [3.63, 3.8) is 0 Å². The molecule has 16 heavy (non-hydrogen) atoms. The van der Waals surface area contributed by atoms with Crippen LogP contribution in [0.5, 0.6) is 0 Å². The summed E-state index contributed by atoms with van der Waals surface area (Å²) in [5.74, 6) is -0.333. The lowest BCUT2D eigenvalue weighted by molar-refractivity contribution is -0.126. The van der Waals surface area contributed by atoms with E-state index in [1.165, 1.54) is 0 Å². The number of carbonyl (C=O) groups excluding carboxylic acids is 1. The van der Waals surface area contributed by atoms with Crippen molar-refractivity contribution >= 4 is 5.91 Å². The van der Waals surface area contributed by atoms with Gasteiger partial charge in [-0.2, -0.15) is 0 Å². The molecule has 1 aliphatic heterocycles. The third-order valence-corrected chi connectivity index (χ3v) is 2.89. The summed E-state index contributed by atoms with van der Waals surface area (Å²) in [5, 5.41) is 6.54. The van der Waals surface area contributed by atoms with E-state index >= 15 is 0 Å². The van der Waals surface area contributed by atoms with Crippen molar-refractivity contribution in [3.8, 4) is 0 Å². The van der Waals surface area contributed by atoms with Crippen LogP contribution in [0.25, 0.3) is 10.4 Å². The number of hydrogen-bond acceptors (Lipinski definition) is 4. The summed E-state index contributed by atoms with van der Waals surface area (Å²) in [5.41, 5.74) is 12.9. The predicted molar refractivity (Wildman–Crippen MR) is 60.7 cm³/mol. The highest BCUT2D eigenvalue weighted by atomic mass is 16.1. The number of azide groups is 1. The molecule has 90 valence electrons. The molecule has 0 aliphatic carbocycles. The van der Waals surface area contributed by atoms with Gasteiger partial charge < -0.3 is 16.0 Å². The number of likely N-dealkylation sites (N-methyl/N-ethyl adjacent to an activating group) is 1. The minimum Gasteiger partial charge on any atom is -0.368 e. The van der Waals surface area contributed by atoms with Gasteiger partial charge in [-0.3, -0.25) is 4.79 Å². The first kappa shape index (κ1) is 12.8. The zero-order valence-corrected chi connectivity index (χ0v) is 9.52. The molecule has 0 spiro atoms. The number of primary amides is 1. The molecule has 0 bridgehead atoms. The van der Waals surface area contributed by atoms with Crippen LogP contribution in [0.15, 0.2) is 5.11 Å². The highest BCUT2D eigenvalue weighted by Crippen LogP contribution is 2.19. The van der Waals surface area contributed by atoms with Gasteiger partial charge in [0.25, 0.3) is 0 Å². The van der Waals surface area contributed by atoms with Crippen LogP contribution in [0.3, 0.4) is 0 Å². The van der Waals surface area contributed by atoms with Gasteiger partial charge in [-0.05, 0) is 32.0 Å². The van der Waals surface area contributed by atoms with E-state index in [-0.39, 0.29) is 5.91 Å². The molecule has 1 aliphatic rings. The van der Waals surface area contributed by atoms with Crippen LogP contribution in [0.4, 0.5) is 0 Å². The summed E-state index contributed by atoms with van der Waals surface area (Å²) in [6.45, 7) is 2.39. The van der Waals surface area contributed by atoms with E-state index in [2.05, 4.69) is 20.2 Å². The molecule has 1 heterocycles. The van der Waals surface area contributed by atoms with Crippen LogP contribution in [0.2, 0.25) is 0 Å². The molecule has 7 heteroatoms. The van der Waals surface area contributed by atoms with E-state index < -0.39 is 5.54 Å². The van der Waals surface area contributed by atoms with Crippen LogP contribution >= 0.6 is 0 Å². The number of piperidine rings is 1. The highest BCUT2D eigenvalue weighted by molar-refractivity contribution is 5.85. The third-order valence-electron chi connectivity index (χ3n) is 2.89. The van der Waals surface area contributed by atoms with Gasteiger partial charge in [-0.15, -0.1) is 0 Å². The van der Waals surface area contributed by atoms with Crippen LogP contribution in [0.1, 0.15) is 12.8 Å². The minimum atomic E-state index is -0.669. The summed E-state index contributed by atoms with van der Waals surface area (Å²) in [6, 6.07) is 0. The summed E-state index contributed by atoms with van der Waals surface area (Å²) in [4.78, 5) is 16.3. The molecular formula is C9H18N6O. The fourth-order valence-electron chi connectivity index (χ4n) is 2.09. The Labute approximate surface area is 94.6 Å². The smallest absolute Gasteiger partial charge is 0.239 e. The Morgan fingerprint density at radius 1 is 1.75 bits per heavy atom. The molecule has 0 aromatic heterocycles. The van der Waals surface area contributed by atoms with Gasteiger partial charge in [0.05, 0.1) is 0 Å². The Balaban J connectivity index is 2.57. The van der Waals surface area contributed by atoms with Crippen molar-refractivity contribution in [3.05, 3.63) is 10.4 Å². The summed E-state index contributed by atoms with van der Waals surface area (Å²) in [7, 11) is 1.96. The number of carbonyl (C=O) groups is 1. The first-order valence-electron chi connectivity index (χ1n) is 5.35. The Kier molecular flexibility index (Phi) is 4.54. The molecule has 0 saturated carbocycles. The second kappa shape index (κ2) is 5.69. The van der Waals surface area contributed by atoms with Crippen molar-refractivity contribution in [2.75, 3.05) is 33.2 Å². The zero-order valence-electron chi connectivity index (χ0n) is 9.52. The quantitative estimate of drug-likeness (QED) is 0.294. The monoisotopic (exact) mass is 226 g/mol. The van der Waals surface area contributed by atoms with E-state index in [9.17, 15) is 4.79 Å². The van der Waals surface area contributed by atoms with Crippen molar-refractivity contribution < 1.29 is 4.79 Å². The number of rotatable bonds is 5. The number of nitrogens with one attached hydrogen (secondary N) is 1. The molecule has 3 N–H and O–H groups in total. The standard InChI is InChI=1S/C9H18N6O/c1-15-6-2-3-9(7-15,8(10)16)12-4-5-13-14-11/h12H,2-7H2,1H3,(H2,10,16). The molecule has 0 aromatic rings. The van der Waals surface area contributed by atoms with Crippen LogP contribution in [-0.2, 0) is 4.79 Å². The van der Waals surface area contributed by atoms with Crippen LogP contribution in [0, 0.1) is 0 Å². The average molecular weight is 226 g/mol. The number of nitrogens with zero attached hydrogens (tertiary/aromatic N) is 4. The fraction of sp³-hybridized carbons (Fsp3) is 0.889. The molecule has 1 fully saturated rings. The Morgan fingerprint density at radius 2 is 2.50 bits per heavy atom. The maximum atomic E-state index is 11.5. The van der Waals surface area contributed by atoms with Gasteiger partial charge in [-0.1, -0.05) is 5.11 Å². The summed E-state index contributed by atoms with van der Waals surface area (Å²) in [6.07, 6.45) is 1.68. The van der Waals surface area contributed by atoms with Crippen molar-refractivity contribution in [2.45, 2.75) is 18.4 Å².